The van der Waals surface area contributed by atoms with Crippen molar-refractivity contribution in [1.29, 1.82) is 0 Å². The third-order valence-electron chi connectivity index (χ3n) is 2.62. The van der Waals surface area contributed by atoms with E-state index < -0.39 is 0 Å². The van der Waals surface area contributed by atoms with Crippen molar-refractivity contribution in [3.8, 4) is 11.5 Å². The summed E-state index contributed by atoms with van der Waals surface area (Å²) < 4.78 is 10.9. The highest BCUT2D eigenvalue weighted by molar-refractivity contribution is 5.97. The molecule has 0 radical (unpaired) electrons. The largest absolute Gasteiger partial charge is 0.492 e. The molecule has 0 aliphatic heterocycles. The van der Waals surface area contributed by atoms with Gasteiger partial charge < -0.3 is 9.47 Å². The normalized spacial score (nSPS) is 10.1. The van der Waals surface area contributed by atoms with Crippen LogP contribution in [0.25, 0.3) is 0 Å². The van der Waals surface area contributed by atoms with E-state index in [4.69, 9.17) is 9.47 Å². The third kappa shape index (κ3) is 4.09. The molecule has 104 valence electrons. The van der Waals surface area contributed by atoms with Crippen LogP contribution in [-0.2, 0) is 0 Å². The van der Waals surface area contributed by atoms with Gasteiger partial charge >= 0.3 is 0 Å². The molecule has 20 heavy (non-hydrogen) atoms. The summed E-state index contributed by atoms with van der Waals surface area (Å²) in [4.78, 5) is 16.0. The second-order valence-electron chi connectivity index (χ2n) is 4.28. The maximum absolute atomic E-state index is 12.0. The van der Waals surface area contributed by atoms with E-state index in [1.807, 2.05) is 37.3 Å². The maximum Gasteiger partial charge on any atom is 0.201 e. The standard InChI is InChI=1S/C16H17NO3/c1-2-8-19-15-9-13(10-17-11-15)16(18)12-20-14-6-4-3-5-7-14/h3-7,9-11H,2,8,12H2,1H3. The first kappa shape index (κ1) is 14.1. The average Bonchev–Trinajstić information content (AvgIpc) is 2.52. The van der Waals surface area contributed by atoms with Crippen molar-refractivity contribution in [3.63, 3.8) is 0 Å². The Balaban J connectivity index is 1.95. The zero-order valence-corrected chi connectivity index (χ0v) is 11.4. The van der Waals surface area contributed by atoms with Gasteiger partial charge in [0.15, 0.2) is 6.61 Å². The first-order chi connectivity index (χ1) is 9.79. The molecule has 0 fully saturated rings. The van der Waals surface area contributed by atoms with Crippen molar-refractivity contribution in [3.05, 3.63) is 54.4 Å². The molecule has 0 unspecified atom stereocenters. The first-order valence-electron chi connectivity index (χ1n) is 6.58. The van der Waals surface area contributed by atoms with Crippen molar-refractivity contribution in [2.75, 3.05) is 13.2 Å². The van der Waals surface area contributed by atoms with Crippen LogP contribution < -0.4 is 9.47 Å². The number of pyridine rings is 1. The van der Waals surface area contributed by atoms with E-state index in [0.29, 0.717) is 23.7 Å². The Labute approximate surface area is 118 Å². The summed E-state index contributed by atoms with van der Waals surface area (Å²) in [5.41, 5.74) is 0.495. The Morgan fingerprint density at radius 3 is 2.65 bits per heavy atom. The molecule has 0 aliphatic rings. The van der Waals surface area contributed by atoms with Crippen LogP contribution in [0.4, 0.5) is 0 Å². The Morgan fingerprint density at radius 2 is 1.90 bits per heavy atom. The Hall–Kier alpha value is -2.36. The number of ketones is 1. The van der Waals surface area contributed by atoms with Crippen LogP contribution in [0.15, 0.2) is 48.8 Å². The van der Waals surface area contributed by atoms with E-state index >= 15 is 0 Å². The van der Waals surface area contributed by atoms with Crippen molar-refractivity contribution in [1.82, 2.24) is 4.98 Å². The summed E-state index contributed by atoms with van der Waals surface area (Å²) in [6.45, 7) is 2.62. The molecular weight excluding hydrogens is 254 g/mol. The van der Waals surface area contributed by atoms with Gasteiger partial charge in [-0.3, -0.25) is 9.78 Å². The fourth-order valence-electron chi connectivity index (χ4n) is 1.62. The fraction of sp³-hybridized carbons (Fsp3) is 0.250. The maximum atomic E-state index is 12.0. The smallest absolute Gasteiger partial charge is 0.201 e. The first-order valence-corrected chi connectivity index (χ1v) is 6.58. The molecule has 0 amide bonds. The number of hydrogen-bond donors (Lipinski definition) is 0. The molecule has 1 aromatic carbocycles. The molecular formula is C16H17NO3. The molecule has 0 saturated heterocycles. The van der Waals surface area contributed by atoms with Crippen molar-refractivity contribution in [2.45, 2.75) is 13.3 Å². The molecule has 0 aliphatic carbocycles. The van der Waals surface area contributed by atoms with Crippen LogP contribution in [0.1, 0.15) is 23.7 Å². The lowest BCUT2D eigenvalue weighted by molar-refractivity contribution is 0.0920. The van der Waals surface area contributed by atoms with Gasteiger partial charge in [-0.2, -0.15) is 0 Å². The van der Waals surface area contributed by atoms with Gasteiger partial charge in [-0.15, -0.1) is 0 Å². The molecule has 0 bridgehead atoms. The second-order valence-corrected chi connectivity index (χ2v) is 4.28. The van der Waals surface area contributed by atoms with Crippen molar-refractivity contribution >= 4 is 5.78 Å². The predicted octanol–water partition coefficient (Wildman–Crippen LogP) is 3.13. The van der Waals surface area contributed by atoms with Gasteiger partial charge in [0.05, 0.1) is 12.8 Å². The SMILES string of the molecule is CCCOc1cncc(C(=O)COc2ccccc2)c1. The van der Waals surface area contributed by atoms with Crippen LogP contribution in [0, 0.1) is 0 Å². The minimum absolute atomic E-state index is 0.0110. The topological polar surface area (TPSA) is 48.4 Å². The Morgan fingerprint density at radius 1 is 1.10 bits per heavy atom. The number of Topliss-reactive ketones (excluding diaryl/α,β-unsaturated/α-hetero) is 1. The minimum atomic E-state index is -0.122. The van der Waals surface area contributed by atoms with Gasteiger partial charge in [-0.05, 0) is 24.6 Å². The molecule has 1 aromatic heterocycles. The van der Waals surface area contributed by atoms with Gasteiger partial charge in [-0.1, -0.05) is 25.1 Å². The van der Waals surface area contributed by atoms with Gasteiger partial charge in [0.25, 0.3) is 0 Å². The number of ether oxygens (including phenoxy) is 2. The lowest BCUT2D eigenvalue weighted by Gasteiger charge is -2.07. The molecule has 2 rings (SSSR count). The summed E-state index contributed by atoms with van der Waals surface area (Å²) >= 11 is 0. The van der Waals surface area contributed by atoms with E-state index in [2.05, 4.69) is 4.98 Å². The molecule has 0 N–H and O–H groups in total. The minimum Gasteiger partial charge on any atom is -0.492 e. The molecule has 1 heterocycles. The van der Waals surface area contributed by atoms with Crippen molar-refractivity contribution in [2.24, 2.45) is 0 Å². The van der Waals surface area contributed by atoms with Gasteiger partial charge in [-0.25, -0.2) is 0 Å². The van der Waals surface area contributed by atoms with Gasteiger partial charge in [0, 0.05) is 11.8 Å². The Bertz CT molecular complexity index is 555. The zero-order valence-electron chi connectivity index (χ0n) is 11.4. The van der Waals surface area contributed by atoms with Crippen LogP contribution in [0.3, 0.4) is 0 Å². The molecule has 4 heteroatoms. The lowest BCUT2D eigenvalue weighted by atomic mass is 10.2. The molecule has 0 saturated carbocycles. The van der Waals surface area contributed by atoms with Crippen LogP contribution in [0.2, 0.25) is 0 Å². The van der Waals surface area contributed by atoms with Gasteiger partial charge in [0.1, 0.15) is 11.5 Å². The third-order valence-corrected chi connectivity index (χ3v) is 2.62. The summed E-state index contributed by atoms with van der Waals surface area (Å²) in [6.07, 6.45) is 4.04. The highest BCUT2D eigenvalue weighted by atomic mass is 16.5. The van der Waals surface area contributed by atoms with Gasteiger partial charge in [0.2, 0.25) is 5.78 Å². The number of para-hydroxylation sites is 1. The molecule has 0 atom stereocenters. The number of benzene rings is 1. The van der Waals surface area contributed by atoms with E-state index in [0.717, 1.165) is 6.42 Å². The number of aromatic nitrogens is 1. The van der Waals surface area contributed by atoms with Crippen molar-refractivity contribution < 1.29 is 14.3 Å². The Kier molecular flexibility index (Phi) is 5.12. The average molecular weight is 271 g/mol. The van der Waals surface area contributed by atoms with Crippen LogP contribution in [-0.4, -0.2) is 24.0 Å². The molecule has 2 aromatic rings. The number of hydrogen-bond acceptors (Lipinski definition) is 4. The monoisotopic (exact) mass is 271 g/mol. The van der Waals surface area contributed by atoms with Crippen LogP contribution in [0.5, 0.6) is 11.5 Å². The van der Waals surface area contributed by atoms with E-state index in [1.54, 1.807) is 12.3 Å². The highest BCUT2D eigenvalue weighted by Gasteiger charge is 2.08. The molecule has 4 nitrogen and oxygen atoms in total. The quantitative estimate of drug-likeness (QED) is 0.726. The number of nitrogens with zero attached hydrogens (tertiary/aromatic N) is 1. The zero-order chi connectivity index (χ0) is 14.2. The predicted molar refractivity (Wildman–Crippen MR) is 76.3 cm³/mol. The van der Waals surface area contributed by atoms with Crippen LogP contribution >= 0.6 is 0 Å². The summed E-state index contributed by atoms with van der Waals surface area (Å²) in [7, 11) is 0. The summed E-state index contributed by atoms with van der Waals surface area (Å²) in [5, 5.41) is 0. The van der Waals surface area contributed by atoms with E-state index in [9.17, 15) is 4.79 Å². The fourth-order valence-corrected chi connectivity index (χ4v) is 1.62. The lowest BCUT2D eigenvalue weighted by Crippen LogP contribution is -2.12. The number of rotatable bonds is 7. The highest BCUT2D eigenvalue weighted by Crippen LogP contribution is 2.13. The summed E-state index contributed by atoms with van der Waals surface area (Å²) in [5.74, 6) is 1.16. The second kappa shape index (κ2) is 7.28. The van der Waals surface area contributed by atoms with E-state index in [1.165, 1.54) is 6.20 Å². The summed E-state index contributed by atoms with van der Waals surface area (Å²) in [6, 6.07) is 10.9. The van der Waals surface area contributed by atoms with E-state index in [-0.39, 0.29) is 12.4 Å². The number of carbonyl (C=O) groups is 1. The number of carbonyl (C=O) groups excluding carboxylic acids is 1. The molecule has 0 spiro atoms.